The lowest BCUT2D eigenvalue weighted by atomic mass is 9.88. The molecular weight excluding hydrogens is 270 g/mol. The lowest BCUT2D eigenvalue weighted by molar-refractivity contribution is -0.388. The summed E-state index contributed by atoms with van der Waals surface area (Å²) in [4.78, 5) is 16.7. The van der Waals surface area contributed by atoms with Crippen LogP contribution in [0.2, 0.25) is 0 Å². The van der Waals surface area contributed by atoms with E-state index in [2.05, 4.69) is 29.3 Å². The van der Waals surface area contributed by atoms with Crippen LogP contribution in [0.5, 0.6) is 0 Å². The fourth-order valence-corrected chi connectivity index (χ4v) is 3.17. The van der Waals surface area contributed by atoms with E-state index in [1.807, 2.05) is 0 Å². The van der Waals surface area contributed by atoms with Crippen molar-refractivity contribution >= 4 is 11.6 Å². The maximum Gasteiger partial charge on any atom is 0.406 e. The van der Waals surface area contributed by atoms with Crippen molar-refractivity contribution in [3.63, 3.8) is 0 Å². The zero-order chi connectivity index (χ0) is 15.5. The summed E-state index contributed by atoms with van der Waals surface area (Å²) in [6.07, 6.45) is 8.72. The Morgan fingerprint density at radius 1 is 1.38 bits per heavy atom. The fraction of sp³-hybridized carbons (Fsp3) is 0.786. The van der Waals surface area contributed by atoms with Gasteiger partial charge in [-0.15, -0.1) is 0 Å². The molecule has 1 saturated carbocycles. The molecule has 1 aliphatic rings. The highest BCUT2D eigenvalue weighted by atomic mass is 16.6. The first kappa shape index (κ1) is 15.8. The SMILES string of the molecule is CN(C)C1(CNc2c([N+](=O)[O-])ncn2C)CCCCCC1. The summed E-state index contributed by atoms with van der Waals surface area (Å²) in [5.41, 5.74) is 0.0641. The van der Waals surface area contributed by atoms with Gasteiger partial charge in [0.25, 0.3) is 0 Å². The smallest absolute Gasteiger partial charge is 0.362 e. The molecule has 1 aromatic rings. The predicted octanol–water partition coefficient (Wildman–Crippen LogP) is 2.39. The molecule has 1 aromatic heterocycles. The molecule has 7 heteroatoms. The molecule has 0 aliphatic heterocycles. The third kappa shape index (κ3) is 3.34. The van der Waals surface area contributed by atoms with E-state index in [4.69, 9.17) is 0 Å². The first-order chi connectivity index (χ1) is 9.96. The maximum atomic E-state index is 11.0. The number of hydrogen-bond donors (Lipinski definition) is 1. The number of hydrogen-bond acceptors (Lipinski definition) is 5. The first-order valence-electron chi connectivity index (χ1n) is 7.53. The first-order valence-corrected chi connectivity index (χ1v) is 7.53. The van der Waals surface area contributed by atoms with E-state index in [1.165, 1.54) is 32.0 Å². The molecule has 21 heavy (non-hydrogen) atoms. The standard InChI is InChI=1S/C14H25N5O2/c1-17(2)14(8-6-4-5-7-9-14)10-15-12-13(19(20)21)16-11-18(12)3/h11,15H,4-10H2,1-3H3. The Balaban J connectivity index is 2.15. The summed E-state index contributed by atoms with van der Waals surface area (Å²) in [6, 6.07) is 0. The summed E-state index contributed by atoms with van der Waals surface area (Å²) in [5, 5.41) is 14.3. The molecule has 0 amide bonds. The lowest BCUT2D eigenvalue weighted by Crippen LogP contribution is -2.49. The molecule has 1 aliphatic carbocycles. The van der Waals surface area contributed by atoms with E-state index >= 15 is 0 Å². The largest absolute Gasteiger partial charge is 0.406 e. The molecule has 1 fully saturated rings. The van der Waals surface area contributed by atoms with Crippen LogP contribution in [0.1, 0.15) is 38.5 Å². The van der Waals surface area contributed by atoms with Crippen LogP contribution in [0.4, 0.5) is 11.6 Å². The van der Waals surface area contributed by atoms with Gasteiger partial charge in [0.05, 0.1) is 0 Å². The quantitative estimate of drug-likeness (QED) is 0.513. The molecule has 0 aromatic carbocycles. The Bertz CT molecular complexity index is 490. The Kier molecular flexibility index (Phi) is 4.82. The van der Waals surface area contributed by atoms with Crippen LogP contribution in [0.3, 0.4) is 0 Å². The zero-order valence-corrected chi connectivity index (χ0v) is 13.1. The Hall–Kier alpha value is -1.63. The highest BCUT2D eigenvalue weighted by Crippen LogP contribution is 2.32. The number of likely N-dealkylation sites (N-methyl/N-ethyl adjacent to an activating group) is 1. The normalized spacial score (nSPS) is 18.5. The topological polar surface area (TPSA) is 76.2 Å². The fourth-order valence-electron chi connectivity index (χ4n) is 3.17. The van der Waals surface area contributed by atoms with Gasteiger partial charge in [-0.25, -0.2) is 0 Å². The average molecular weight is 295 g/mol. The van der Waals surface area contributed by atoms with Crippen LogP contribution in [0, 0.1) is 10.1 Å². The maximum absolute atomic E-state index is 11.0. The van der Waals surface area contributed by atoms with Crippen molar-refractivity contribution in [1.29, 1.82) is 0 Å². The highest BCUT2D eigenvalue weighted by molar-refractivity contribution is 5.52. The number of anilines is 1. The number of nitro groups is 1. The van der Waals surface area contributed by atoms with Crippen LogP contribution >= 0.6 is 0 Å². The van der Waals surface area contributed by atoms with Gasteiger partial charge in [0.15, 0.2) is 0 Å². The van der Waals surface area contributed by atoms with E-state index in [-0.39, 0.29) is 11.4 Å². The van der Waals surface area contributed by atoms with Crippen molar-refractivity contribution in [3.05, 3.63) is 16.4 Å². The molecule has 0 bridgehead atoms. The molecule has 2 rings (SSSR count). The predicted molar refractivity (Wildman–Crippen MR) is 82.5 cm³/mol. The van der Waals surface area contributed by atoms with Crippen LogP contribution in [0.25, 0.3) is 0 Å². The van der Waals surface area contributed by atoms with E-state index < -0.39 is 4.92 Å². The summed E-state index contributed by atoms with van der Waals surface area (Å²) >= 11 is 0. The third-order valence-electron chi connectivity index (χ3n) is 4.66. The highest BCUT2D eigenvalue weighted by Gasteiger charge is 2.34. The van der Waals surface area contributed by atoms with Crippen molar-refractivity contribution in [1.82, 2.24) is 14.5 Å². The van der Waals surface area contributed by atoms with Crippen LogP contribution in [0.15, 0.2) is 6.33 Å². The number of imidazole rings is 1. The van der Waals surface area contributed by atoms with Gasteiger partial charge < -0.3 is 20.3 Å². The number of nitrogens with one attached hydrogen (secondary N) is 1. The molecule has 0 saturated heterocycles. The van der Waals surface area contributed by atoms with Crippen molar-refractivity contribution in [2.24, 2.45) is 7.05 Å². The van der Waals surface area contributed by atoms with Gasteiger partial charge in [-0.2, -0.15) is 0 Å². The Labute approximate surface area is 125 Å². The van der Waals surface area contributed by atoms with Crippen molar-refractivity contribution in [3.8, 4) is 0 Å². The number of aryl methyl sites for hydroxylation is 1. The number of nitrogens with zero attached hydrogens (tertiary/aromatic N) is 4. The minimum atomic E-state index is -0.433. The summed E-state index contributed by atoms with van der Waals surface area (Å²) in [6.45, 7) is 0.709. The Morgan fingerprint density at radius 3 is 2.52 bits per heavy atom. The molecule has 0 unspecified atom stereocenters. The van der Waals surface area contributed by atoms with Crippen LogP contribution in [-0.4, -0.2) is 45.6 Å². The van der Waals surface area contributed by atoms with Crippen molar-refractivity contribution in [2.75, 3.05) is 26.0 Å². The second kappa shape index (κ2) is 6.43. The minimum Gasteiger partial charge on any atom is -0.362 e. The molecule has 0 radical (unpaired) electrons. The van der Waals surface area contributed by atoms with Crippen LogP contribution < -0.4 is 5.32 Å². The molecule has 118 valence electrons. The lowest BCUT2D eigenvalue weighted by Gasteiger charge is -2.39. The van der Waals surface area contributed by atoms with Gasteiger partial charge in [0.2, 0.25) is 12.1 Å². The van der Waals surface area contributed by atoms with Crippen LogP contribution in [-0.2, 0) is 7.05 Å². The number of aromatic nitrogens is 2. The summed E-state index contributed by atoms with van der Waals surface area (Å²) < 4.78 is 1.68. The molecule has 7 nitrogen and oxygen atoms in total. The summed E-state index contributed by atoms with van der Waals surface area (Å²) in [5.74, 6) is 0.394. The molecule has 1 N–H and O–H groups in total. The van der Waals surface area contributed by atoms with Gasteiger partial charge in [0.1, 0.15) is 0 Å². The molecule has 0 atom stereocenters. The van der Waals surface area contributed by atoms with Gasteiger partial charge in [-0.05, 0) is 36.8 Å². The van der Waals surface area contributed by atoms with E-state index in [0.29, 0.717) is 12.4 Å². The van der Waals surface area contributed by atoms with Gasteiger partial charge in [0, 0.05) is 19.1 Å². The second-order valence-corrected chi connectivity index (χ2v) is 6.17. The van der Waals surface area contributed by atoms with E-state index in [0.717, 1.165) is 12.8 Å². The van der Waals surface area contributed by atoms with Crippen molar-refractivity contribution in [2.45, 2.75) is 44.1 Å². The minimum absolute atomic E-state index is 0.0641. The van der Waals surface area contributed by atoms with Gasteiger partial charge in [-0.3, -0.25) is 4.57 Å². The average Bonchev–Trinajstić information content (AvgIpc) is 2.65. The number of rotatable bonds is 5. The molecule has 1 heterocycles. The summed E-state index contributed by atoms with van der Waals surface area (Å²) in [7, 11) is 5.98. The van der Waals surface area contributed by atoms with Gasteiger partial charge >= 0.3 is 5.82 Å². The zero-order valence-electron chi connectivity index (χ0n) is 13.1. The second-order valence-electron chi connectivity index (χ2n) is 6.17. The van der Waals surface area contributed by atoms with Crippen molar-refractivity contribution < 1.29 is 4.92 Å². The third-order valence-corrected chi connectivity index (χ3v) is 4.66. The molecule has 0 spiro atoms. The Morgan fingerprint density at radius 2 is 2.00 bits per heavy atom. The van der Waals surface area contributed by atoms with E-state index in [9.17, 15) is 10.1 Å². The van der Waals surface area contributed by atoms with E-state index in [1.54, 1.807) is 11.6 Å². The van der Waals surface area contributed by atoms with Gasteiger partial charge in [-0.1, -0.05) is 25.7 Å². The molecular formula is C14H25N5O2. The monoisotopic (exact) mass is 295 g/mol.